The van der Waals surface area contributed by atoms with Crippen molar-refractivity contribution in [2.75, 3.05) is 26.4 Å². The average molecular weight is 317 g/mol. The van der Waals surface area contributed by atoms with Gasteiger partial charge in [-0.15, -0.1) is 0 Å². The summed E-state index contributed by atoms with van der Waals surface area (Å²) in [4.78, 5) is 40.6. The Hall–Kier alpha value is -2.25. The van der Waals surface area contributed by atoms with Gasteiger partial charge in [-0.3, -0.25) is 19.4 Å². The van der Waals surface area contributed by atoms with Gasteiger partial charge in [0.25, 0.3) is 0 Å². The lowest BCUT2D eigenvalue weighted by molar-refractivity contribution is -0.144. The fourth-order valence-electron chi connectivity index (χ4n) is 2.80. The van der Waals surface area contributed by atoms with Crippen molar-refractivity contribution in [3.63, 3.8) is 0 Å². The molecule has 3 rings (SSSR count). The fraction of sp³-hybridized carbons (Fsp3) is 0.438. The summed E-state index contributed by atoms with van der Waals surface area (Å²) in [5.41, 5.74) is 0.809. The van der Waals surface area contributed by atoms with E-state index in [2.05, 4.69) is 0 Å². The summed E-state index contributed by atoms with van der Waals surface area (Å²) in [6, 6.07) is 8.59. The highest BCUT2D eigenvalue weighted by atomic mass is 16.5. The lowest BCUT2D eigenvalue weighted by Crippen LogP contribution is -2.48. The van der Waals surface area contributed by atoms with Crippen molar-refractivity contribution in [3.8, 4) is 0 Å². The topological polar surface area (TPSA) is 70.2 Å². The van der Waals surface area contributed by atoms with Gasteiger partial charge >= 0.3 is 17.8 Å². The van der Waals surface area contributed by atoms with Crippen molar-refractivity contribution in [1.29, 1.82) is 0 Å². The Morgan fingerprint density at radius 2 is 1.78 bits per heavy atom. The molecular formula is C16H19N3O4. The maximum absolute atomic E-state index is 12.4. The Bertz CT molecular complexity index is 619. The number of carbonyl (C=O) groups is 3. The van der Waals surface area contributed by atoms with Gasteiger partial charge in [0.05, 0.1) is 25.9 Å². The lowest BCUT2D eigenvalue weighted by atomic mass is 10.2. The molecule has 0 aliphatic carbocycles. The van der Waals surface area contributed by atoms with Crippen LogP contribution >= 0.6 is 0 Å². The summed E-state index contributed by atoms with van der Waals surface area (Å²) in [5.74, 6) is -1.52. The first-order chi connectivity index (χ1) is 11.1. The van der Waals surface area contributed by atoms with Crippen molar-refractivity contribution >= 4 is 17.8 Å². The highest BCUT2D eigenvalue weighted by molar-refractivity contribution is 6.44. The number of rotatable bonds is 4. The van der Waals surface area contributed by atoms with E-state index in [1.807, 2.05) is 42.2 Å². The van der Waals surface area contributed by atoms with E-state index in [0.717, 1.165) is 15.4 Å². The number of ether oxygens (including phenoxy) is 1. The van der Waals surface area contributed by atoms with Crippen molar-refractivity contribution < 1.29 is 19.1 Å². The SMILES string of the molecule is C[C@@H]1CN(CN2C(=O)C(=O)N(Cc3ccccc3)C2=O)CCO1. The van der Waals surface area contributed by atoms with Crippen LogP contribution < -0.4 is 0 Å². The number of urea groups is 1. The van der Waals surface area contributed by atoms with Crippen LogP contribution in [0.2, 0.25) is 0 Å². The third-order valence-corrected chi connectivity index (χ3v) is 3.99. The zero-order chi connectivity index (χ0) is 16.4. The average Bonchev–Trinajstić information content (AvgIpc) is 2.74. The molecule has 0 aromatic heterocycles. The minimum absolute atomic E-state index is 0.0488. The normalized spacial score (nSPS) is 23.0. The first-order valence-corrected chi connectivity index (χ1v) is 7.61. The Morgan fingerprint density at radius 3 is 2.48 bits per heavy atom. The molecule has 1 aromatic carbocycles. The fourth-order valence-corrected chi connectivity index (χ4v) is 2.80. The van der Waals surface area contributed by atoms with Crippen LogP contribution in [0.15, 0.2) is 30.3 Å². The summed E-state index contributed by atoms with van der Waals surface area (Å²) in [6.07, 6.45) is 0.0488. The van der Waals surface area contributed by atoms with Crippen LogP contribution in [0, 0.1) is 0 Å². The van der Waals surface area contributed by atoms with Crippen molar-refractivity contribution in [2.24, 2.45) is 0 Å². The molecule has 1 atom stereocenters. The minimum Gasteiger partial charge on any atom is -0.376 e. The number of carbonyl (C=O) groups excluding carboxylic acids is 3. The molecule has 122 valence electrons. The minimum atomic E-state index is -0.764. The molecule has 0 N–H and O–H groups in total. The van der Waals surface area contributed by atoms with E-state index in [-0.39, 0.29) is 19.3 Å². The maximum Gasteiger partial charge on any atom is 0.335 e. The van der Waals surface area contributed by atoms with E-state index in [4.69, 9.17) is 4.74 Å². The number of hydrogen-bond donors (Lipinski definition) is 0. The Kier molecular flexibility index (Phi) is 4.40. The number of morpholine rings is 1. The maximum atomic E-state index is 12.4. The molecule has 4 amide bonds. The first kappa shape index (κ1) is 15.6. The van der Waals surface area contributed by atoms with Gasteiger partial charge in [0.1, 0.15) is 0 Å². The smallest absolute Gasteiger partial charge is 0.335 e. The molecule has 0 unspecified atom stereocenters. The van der Waals surface area contributed by atoms with Gasteiger partial charge in [-0.1, -0.05) is 30.3 Å². The summed E-state index contributed by atoms with van der Waals surface area (Å²) in [6.45, 7) is 3.99. The second-order valence-electron chi connectivity index (χ2n) is 5.79. The molecule has 2 fully saturated rings. The second-order valence-corrected chi connectivity index (χ2v) is 5.79. The van der Waals surface area contributed by atoms with Crippen LogP contribution in [0.3, 0.4) is 0 Å². The highest BCUT2D eigenvalue weighted by Crippen LogP contribution is 2.17. The third kappa shape index (κ3) is 3.25. The first-order valence-electron chi connectivity index (χ1n) is 7.61. The summed E-state index contributed by atoms with van der Waals surface area (Å²) in [5, 5.41) is 0. The van der Waals surface area contributed by atoms with Gasteiger partial charge < -0.3 is 4.74 Å². The van der Waals surface area contributed by atoms with Gasteiger partial charge in [-0.05, 0) is 12.5 Å². The van der Waals surface area contributed by atoms with Gasteiger partial charge in [-0.25, -0.2) is 9.69 Å². The molecular weight excluding hydrogens is 298 g/mol. The predicted molar refractivity (Wildman–Crippen MR) is 81.1 cm³/mol. The van der Waals surface area contributed by atoms with E-state index in [9.17, 15) is 14.4 Å². The molecule has 7 heteroatoms. The number of amides is 4. The third-order valence-electron chi connectivity index (χ3n) is 3.99. The van der Waals surface area contributed by atoms with E-state index in [0.29, 0.717) is 19.7 Å². The van der Waals surface area contributed by atoms with Crippen molar-refractivity contribution in [1.82, 2.24) is 14.7 Å². The van der Waals surface area contributed by atoms with Crippen LogP contribution in [0.4, 0.5) is 4.79 Å². The molecule has 23 heavy (non-hydrogen) atoms. The van der Waals surface area contributed by atoms with Gasteiger partial charge in [-0.2, -0.15) is 0 Å². The molecule has 0 spiro atoms. The molecule has 2 heterocycles. The molecule has 0 bridgehead atoms. The Morgan fingerprint density at radius 1 is 1.09 bits per heavy atom. The zero-order valence-corrected chi connectivity index (χ0v) is 13.0. The van der Waals surface area contributed by atoms with Crippen molar-refractivity contribution in [3.05, 3.63) is 35.9 Å². The van der Waals surface area contributed by atoms with Crippen LogP contribution in [-0.4, -0.2) is 65.0 Å². The Balaban J connectivity index is 1.69. The zero-order valence-electron chi connectivity index (χ0n) is 13.0. The summed E-state index contributed by atoms with van der Waals surface area (Å²) >= 11 is 0. The second kappa shape index (κ2) is 6.47. The number of hydrogen-bond acceptors (Lipinski definition) is 5. The van der Waals surface area contributed by atoms with E-state index in [1.165, 1.54) is 0 Å². The van der Waals surface area contributed by atoms with E-state index < -0.39 is 17.8 Å². The van der Waals surface area contributed by atoms with Gasteiger partial charge in [0.15, 0.2) is 0 Å². The van der Waals surface area contributed by atoms with Crippen LogP contribution in [0.25, 0.3) is 0 Å². The summed E-state index contributed by atoms with van der Waals surface area (Å²) in [7, 11) is 0. The Labute approximate surface area is 134 Å². The molecule has 2 aliphatic heterocycles. The molecule has 7 nitrogen and oxygen atoms in total. The van der Waals surface area contributed by atoms with E-state index in [1.54, 1.807) is 0 Å². The highest BCUT2D eigenvalue weighted by Gasteiger charge is 2.45. The molecule has 0 radical (unpaired) electrons. The molecule has 0 saturated carbocycles. The monoisotopic (exact) mass is 317 g/mol. The van der Waals surface area contributed by atoms with Crippen LogP contribution in [-0.2, 0) is 20.9 Å². The van der Waals surface area contributed by atoms with Gasteiger partial charge in [0, 0.05) is 13.1 Å². The van der Waals surface area contributed by atoms with Gasteiger partial charge in [0.2, 0.25) is 0 Å². The molecule has 1 aromatic rings. The molecule has 2 aliphatic rings. The van der Waals surface area contributed by atoms with Crippen molar-refractivity contribution in [2.45, 2.75) is 19.6 Å². The van der Waals surface area contributed by atoms with Crippen LogP contribution in [0.1, 0.15) is 12.5 Å². The quantitative estimate of drug-likeness (QED) is 0.602. The standard InChI is InChI=1S/C16H19N3O4/c1-12-9-17(7-8-23-12)11-19-15(21)14(20)18(16(19)22)10-13-5-3-2-4-6-13/h2-6,12H,7-11H2,1H3/t12-/m1/s1. The van der Waals surface area contributed by atoms with Crippen LogP contribution in [0.5, 0.6) is 0 Å². The summed E-state index contributed by atoms with van der Waals surface area (Å²) < 4.78 is 5.44. The number of nitrogens with zero attached hydrogens (tertiary/aromatic N) is 3. The lowest BCUT2D eigenvalue weighted by Gasteiger charge is -2.32. The largest absolute Gasteiger partial charge is 0.376 e. The molecule has 2 saturated heterocycles. The number of imide groups is 2. The number of benzene rings is 1. The predicted octanol–water partition coefficient (Wildman–Crippen LogP) is 0.656. The van der Waals surface area contributed by atoms with E-state index >= 15 is 0 Å².